The summed E-state index contributed by atoms with van der Waals surface area (Å²) in [5.41, 5.74) is 0. The zero-order valence-corrected chi connectivity index (χ0v) is 44.9. The van der Waals surface area contributed by atoms with Crippen molar-refractivity contribution in [2.75, 3.05) is 13.2 Å². The van der Waals surface area contributed by atoms with Crippen molar-refractivity contribution in [1.29, 1.82) is 0 Å². The number of allylic oxidation sites excluding steroid dienone is 6. The molecule has 67 heavy (non-hydrogen) atoms. The Hall–Kier alpha value is -2.37. The lowest BCUT2D eigenvalue weighted by Crippen LogP contribution is -2.30. The first-order valence-electron chi connectivity index (χ1n) is 29.5. The molecule has 0 N–H and O–H groups in total. The van der Waals surface area contributed by atoms with Crippen molar-refractivity contribution in [2.24, 2.45) is 0 Å². The highest BCUT2D eigenvalue weighted by atomic mass is 16.6. The van der Waals surface area contributed by atoms with Gasteiger partial charge in [0.1, 0.15) is 13.2 Å². The summed E-state index contributed by atoms with van der Waals surface area (Å²) < 4.78 is 16.9. The normalized spacial score (nSPS) is 12.2. The highest BCUT2D eigenvalue weighted by Gasteiger charge is 2.19. The van der Waals surface area contributed by atoms with Gasteiger partial charge in [0, 0.05) is 19.3 Å². The van der Waals surface area contributed by atoms with Gasteiger partial charge < -0.3 is 14.2 Å². The first-order chi connectivity index (χ1) is 33.0. The van der Waals surface area contributed by atoms with E-state index in [0.29, 0.717) is 19.3 Å². The van der Waals surface area contributed by atoms with Crippen LogP contribution in [0.2, 0.25) is 0 Å². The number of carbonyl (C=O) groups is 3. The third kappa shape index (κ3) is 54.4. The lowest BCUT2D eigenvalue weighted by molar-refractivity contribution is -0.167. The van der Waals surface area contributed by atoms with Crippen LogP contribution in [-0.4, -0.2) is 37.2 Å². The summed E-state index contributed by atoms with van der Waals surface area (Å²) in [7, 11) is 0. The molecular formula is C61H112O6. The number of carbonyl (C=O) groups excluding carboxylic acids is 3. The van der Waals surface area contributed by atoms with E-state index in [1.54, 1.807) is 0 Å². The van der Waals surface area contributed by atoms with Crippen LogP contribution in [0.25, 0.3) is 0 Å². The minimum atomic E-state index is -0.777. The van der Waals surface area contributed by atoms with Crippen LogP contribution in [0.1, 0.15) is 316 Å². The highest BCUT2D eigenvalue weighted by molar-refractivity contribution is 5.71. The van der Waals surface area contributed by atoms with Crippen molar-refractivity contribution in [3.63, 3.8) is 0 Å². The maximum atomic E-state index is 12.9. The fourth-order valence-corrected chi connectivity index (χ4v) is 8.60. The molecule has 1 atom stereocenters. The third-order valence-electron chi connectivity index (χ3n) is 13.1. The van der Waals surface area contributed by atoms with Gasteiger partial charge in [-0.1, -0.05) is 237 Å². The number of hydrogen-bond acceptors (Lipinski definition) is 6. The Kier molecular flexibility index (Phi) is 54.2. The summed E-state index contributed by atoms with van der Waals surface area (Å²) in [6.07, 6.45) is 67.0. The van der Waals surface area contributed by atoms with E-state index in [9.17, 15) is 14.4 Å². The molecule has 0 bridgehead atoms. The van der Waals surface area contributed by atoms with Gasteiger partial charge in [-0.25, -0.2) is 0 Å². The molecule has 0 aromatic rings. The summed E-state index contributed by atoms with van der Waals surface area (Å²) in [6, 6.07) is 0. The van der Waals surface area contributed by atoms with Gasteiger partial charge in [-0.2, -0.15) is 0 Å². The quantitative estimate of drug-likeness (QED) is 0.0262. The standard InChI is InChI=1S/C61H112O6/c1-4-7-10-13-16-19-22-25-27-29-30-32-33-36-39-42-45-48-51-54-60(63)66-57-58(56-65-59(62)53-50-47-44-41-38-35-24-21-18-15-12-9-6-3)67-61(64)55-52-49-46-43-40-37-34-31-28-26-23-20-17-14-11-8-5-2/h21,24-28,58H,4-20,22-23,29-57H2,1-3H3/b24-21-,27-25-,28-26-. The predicted octanol–water partition coefficient (Wildman–Crippen LogP) is 19.7. The maximum absolute atomic E-state index is 12.9. The van der Waals surface area contributed by atoms with Crippen molar-refractivity contribution in [2.45, 2.75) is 322 Å². The second kappa shape index (κ2) is 56.2. The largest absolute Gasteiger partial charge is 0.462 e. The van der Waals surface area contributed by atoms with E-state index in [1.165, 1.54) is 212 Å². The average molecular weight is 942 g/mol. The van der Waals surface area contributed by atoms with E-state index in [-0.39, 0.29) is 31.1 Å². The van der Waals surface area contributed by atoms with E-state index < -0.39 is 6.10 Å². The van der Waals surface area contributed by atoms with E-state index >= 15 is 0 Å². The predicted molar refractivity (Wildman–Crippen MR) is 289 cm³/mol. The molecule has 392 valence electrons. The monoisotopic (exact) mass is 941 g/mol. The second-order valence-electron chi connectivity index (χ2n) is 19.9. The molecule has 0 aliphatic carbocycles. The van der Waals surface area contributed by atoms with Crippen LogP contribution in [-0.2, 0) is 28.6 Å². The minimum Gasteiger partial charge on any atom is -0.462 e. The molecule has 6 nitrogen and oxygen atoms in total. The van der Waals surface area contributed by atoms with Gasteiger partial charge in [-0.05, 0) is 96.3 Å². The summed E-state index contributed by atoms with van der Waals surface area (Å²) in [5, 5.41) is 0. The third-order valence-corrected chi connectivity index (χ3v) is 13.1. The summed E-state index contributed by atoms with van der Waals surface area (Å²) >= 11 is 0. The summed E-state index contributed by atoms with van der Waals surface area (Å²) in [5.74, 6) is -0.874. The molecule has 1 unspecified atom stereocenters. The molecule has 0 saturated heterocycles. The van der Waals surface area contributed by atoms with Crippen molar-refractivity contribution in [3.8, 4) is 0 Å². The number of hydrogen-bond donors (Lipinski definition) is 0. The Labute approximate surface area is 416 Å². The highest BCUT2D eigenvalue weighted by Crippen LogP contribution is 2.16. The summed E-state index contributed by atoms with van der Waals surface area (Å²) in [6.45, 7) is 6.64. The maximum Gasteiger partial charge on any atom is 0.306 e. The van der Waals surface area contributed by atoms with E-state index in [0.717, 1.165) is 64.2 Å². The SMILES string of the molecule is CCCCCC/C=C\CCCCCCCC(=O)OCC(COC(=O)CCCCCCCCCCC/C=C\CCCCCCCC)OC(=O)CCCCCCCCC/C=C\CCCCCCCC. The number of unbranched alkanes of at least 4 members (excludes halogenated alkanes) is 37. The number of ether oxygens (including phenoxy) is 3. The Morgan fingerprint density at radius 1 is 0.284 bits per heavy atom. The molecule has 0 fully saturated rings. The molecule has 0 amide bonds. The van der Waals surface area contributed by atoms with E-state index in [1.807, 2.05) is 0 Å². The first kappa shape index (κ1) is 64.6. The molecule has 6 heteroatoms. The van der Waals surface area contributed by atoms with Gasteiger partial charge >= 0.3 is 17.9 Å². The van der Waals surface area contributed by atoms with Gasteiger partial charge in [-0.3, -0.25) is 14.4 Å². The van der Waals surface area contributed by atoms with Gasteiger partial charge in [0.2, 0.25) is 0 Å². The van der Waals surface area contributed by atoms with Gasteiger partial charge in [0.15, 0.2) is 6.10 Å². The Bertz CT molecular complexity index is 1130. The van der Waals surface area contributed by atoms with Crippen LogP contribution >= 0.6 is 0 Å². The fraction of sp³-hybridized carbons (Fsp3) is 0.852. The molecule has 0 aromatic carbocycles. The lowest BCUT2D eigenvalue weighted by atomic mass is 10.1. The van der Waals surface area contributed by atoms with Crippen molar-refractivity contribution in [1.82, 2.24) is 0 Å². The minimum absolute atomic E-state index is 0.0752. The molecule has 0 saturated carbocycles. The number of rotatable bonds is 54. The molecule has 0 aliphatic heterocycles. The van der Waals surface area contributed by atoms with Crippen LogP contribution in [0, 0.1) is 0 Å². The van der Waals surface area contributed by atoms with Crippen LogP contribution in [0.5, 0.6) is 0 Å². The van der Waals surface area contributed by atoms with Crippen LogP contribution in [0.3, 0.4) is 0 Å². The van der Waals surface area contributed by atoms with Crippen molar-refractivity contribution in [3.05, 3.63) is 36.5 Å². The van der Waals surface area contributed by atoms with Gasteiger partial charge in [0.25, 0.3) is 0 Å². The topological polar surface area (TPSA) is 78.9 Å². The van der Waals surface area contributed by atoms with Crippen LogP contribution in [0.4, 0.5) is 0 Å². The van der Waals surface area contributed by atoms with Crippen molar-refractivity contribution < 1.29 is 28.6 Å². The molecule has 0 aromatic heterocycles. The Balaban J connectivity index is 4.34. The molecular weight excluding hydrogens is 829 g/mol. The van der Waals surface area contributed by atoms with E-state index in [2.05, 4.69) is 57.2 Å². The lowest BCUT2D eigenvalue weighted by Gasteiger charge is -2.18. The molecule has 0 rings (SSSR count). The second-order valence-corrected chi connectivity index (χ2v) is 19.9. The smallest absolute Gasteiger partial charge is 0.306 e. The first-order valence-corrected chi connectivity index (χ1v) is 29.5. The molecule has 0 heterocycles. The Morgan fingerprint density at radius 2 is 0.493 bits per heavy atom. The molecule has 0 spiro atoms. The fourth-order valence-electron chi connectivity index (χ4n) is 8.60. The van der Waals surface area contributed by atoms with Crippen LogP contribution < -0.4 is 0 Å². The molecule has 0 aliphatic rings. The molecule has 0 radical (unpaired) electrons. The average Bonchev–Trinajstić information content (AvgIpc) is 3.33. The van der Waals surface area contributed by atoms with Crippen LogP contribution in [0.15, 0.2) is 36.5 Å². The Morgan fingerprint density at radius 3 is 0.761 bits per heavy atom. The summed E-state index contributed by atoms with van der Waals surface area (Å²) in [4.78, 5) is 38.2. The zero-order valence-electron chi connectivity index (χ0n) is 44.9. The van der Waals surface area contributed by atoms with E-state index in [4.69, 9.17) is 14.2 Å². The zero-order chi connectivity index (χ0) is 48.6. The van der Waals surface area contributed by atoms with Gasteiger partial charge in [-0.15, -0.1) is 0 Å². The van der Waals surface area contributed by atoms with Crippen molar-refractivity contribution >= 4 is 17.9 Å². The number of esters is 3. The van der Waals surface area contributed by atoms with Gasteiger partial charge in [0.05, 0.1) is 0 Å².